The highest BCUT2D eigenvalue weighted by atomic mass is 16.6. The van der Waals surface area contributed by atoms with E-state index in [1.807, 2.05) is 0 Å². The molecule has 0 aromatic heterocycles. The molecule has 4 amide bonds. The van der Waals surface area contributed by atoms with Crippen LogP contribution >= 0.6 is 0 Å². The van der Waals surface area contributed by atoms with Crippen LogP contribution in [0, 0.1) is 12.8 Å². The first-order chi connectivity index (χ1) is 16.1. The number of nitrogens with zero attached hydrogens (tertiary/aromatic N) is 1. The summed E-state index contributed by atoms with van der Waals surface area (Å²) in [7, 11) is 0. The van der Waals surface area contributed by atoms with Gasteiger partial charge in [-0.2, -0.15) is 4.48 Å². The predicted octanol–water partition coefficient (Wildman–Crippen LogP) is 1.98. The molecule has 0 unspecified atom stereocenters. The molecule has 2 heterocycles. The van der Waals surface area contributed by atoms with Crippen LogP contribution in [0.3, 0.4) is 0 Å². The Morgan fingerprint density at radius 1 is 1.24 bits per heavy atom. The van der Waals surface area contributed by atoms with Gasteiger partial charge in [0.2, 0.25) is 6.23 Å². The predicted molar refractivity (Wildman–Crippen MR) is 122 cm³/mol. The number of cyclic esters (lactones) is 1. The molecule has 3 rings (SSSR count). The van der Waals surface area contributed by atoms with E-state index in [0.717, 1.165) is 0 Å². The van der Waals surface area contributed by atoms with Crippen LogP contribution in [0.2, 0.25) is 0 Å². The highest BCUT2D eigenvalue weighted by Gasteiger charge is 2.53. The van der Waals surface area contributed by atoms with Crippen LogP contribution in [-0.2, 0) is 19.1 Å². The summed E-state index contributed by atoms with van der Waals surface area (Å²) in [5.41, 5.74) is 0.663. The van der Waals surface area contributed by atoms with Gasteiger partial charge in [0.1, 0.15) is 17.9 Å². The Hall–Kier alpha value is -2.98. The van der Waals surface area contributed by atoms with Gasteiger partial charge in [-0.05, 0) is 31.9 Å². The van der Waals surface area contributed by atoms with Crippen molar-refractivity contribution >= 4 is 23.8 Å². The van der Waals surface area contributed by atoms with Crippen molar-refractivity contribution < 1.29 is 38.2 Å². The monoisotopic (exact) mass is 476 g/mol. The normalized spacial score (nSPS) is 22.3. The topological polar surface area (TPSA) is 131 Å². The van der Waals surface area contributed by atoms with Gasteiger partial charge < -0.3 is 19.9 Å². The number of imide groups is 1. The first kappa shape index (κ1) is 25.6. The third kappa shape index (κ3) is 5.07. The SMILES string of the molecule is CCO[C@H]1CC(=O)O[C@H]1NC(=O)[N+]1(C(=O)[C@@H](NC(=O)c2cccc(O)c2C)C(C)C)CCCC1. The lowest BCUT2D eigenvalue weighted by Crippen LogP contribution is -2.67. The molecule has 2 saturated heterocycles. The van der Waals surface area contributed by atoms with Crippen molar-refractivity contribution in [2.24, 2.45) is 5.92 Å². The Bertz CT molecular complexity index is 956. The molecular formula is C24H34N3O7+. The first-order valence-electron chi connectivity index (χ1n) is 11.7. The first-order valence-corrected chi connectivity index (χ1v) is 11.7. The van der Waals surface area contributed by atoms with E-state index < -0.39 is 46.7 Å². The average molecular weight is 477 g/mol. The van der Waals surface area contributed by atoms with Crippen LogP contribution in [0.1, 0.15) is 56.0 Å². The largest absolute Gasteiger partial charge is 0.508 e. The van der Waals surface area contributed by atoms with E-state index in [9.17, 15) is 24.3 Å². The van der Waals surface area contributed by atoms with Crippen LogP contribution in [0.4, 0.5) is 4.79 Å². The molecule has 186 valence electrons. The summed E-state index contributed by atoms with van der Waals surface area (Å²) in [6.07, 6.45) is -0.217. The lowest BCUT2D eigenvalue weighted by molar-refractivity contribution is -0.761. The summed E-state index contributed by atoms with van der Waals surface area (Å²) in [4.78, 5) is 52.0. The number of phenolic OH excluding ortho intramolecular Hbond substituents is 1. The Kier molecular flexibility index (Phi) is 7.93. The van der Waals surface area contributed by atoms with Crippen LogP contribution < -0.4 is 10.6 Å². The third-order valence-electron chi connectivity index (χ3n) is 6.52. The summed E-state index contributed by atoms with van der Waals surface area (Å²) in [6, 6.07) is 3.11. The van der Waals surface area contributed by atoms with Crippen molar-refractivity contribution in [1.29, 1.82) is 0 Å². The number of rotatable bonds is 7. The van der Waals surface area contributed by atoms with Crippen LogP contribution in [0.5, 0.6) is 5.75 Å². The lowest BCUT2D eigenvalue weighted by atomic mass is 10.00. The molecule has 3 N–H and O–H groups in total. The summed E-state index contributed by atoms with van der Waals surface area (Å²) in [5.74, 6) is -1.71. The van der Waals surface area contributed by atoms with E-state index in [2.05, 4.69) is 10.6 Å². The van der Waals surface area contributed by atoms with Crippen LogP contribution in [0.25, 0.3) is 0 Å². The summed E-state index contributed by atoms with van der Waals surface area (Å²) >= 11 is 0. The molecule has 0 spiro atoms. The number of aromatic hydroxyl groups is 1. The molecule has 10 nitrogen and oxygen atoms in total. The molecule has 3 atom stereocenters. The number of amides is 4. The minimum atomic E-state index is -0.967. The van der Waals surface area contributed by atoms with Gasteiger partial charge in [0, 0.05) is 30.6 Å². The quantitative estimate of drug-likeness (QED) is 0.405. The van der Waals surface area contributed by atoms with Crippen molar-refractivity contribution in [2.75, 3.05) is 19.7 Å². The van der Waals surface area contributed by atoms with Crippen LogP contribution in [-0.4, -0.2) is 71.5 Å². The maximum atomic E-state index is 13.8. The van der Waals surface area contributed by atoms with Crippen molar-refractivity contribution in [3.8, 4) is 5.75 Å². The van der Waals surface area contributed by atoms with E-state index in [1.165, 1.54) is 6.07 Å². The van der Waals surface area contributed by atoms with Gasteiger partial charge in [0.05, 0.1) is 19.5 Å². The number of carbonyl (C=O) groups excluding carboxylic acids is 4. The third-order valence-corrected chi connectivity index (χ3v) is 6.52. The number of benzene rings is 1. The Morgan fingerprint density at radius 2 is 1.91 bits per heavy atom. The maximum absolute atomic E-state index is 13.8. The molecule has 2 aliphatic heterocycles. The molecule has 1 aromatic rings. The lowest BCUT2D eigenvalue weighted by Gasteiger charge is -2.34. The second-order valence-electron chi connectivity index (χ2n) is 9.16. The number of urea groups is 1. The van der Waals surface area contributed by atoms with Crippen molar-refractivity contribution in [3.63, 3.8) is 0 Å². The Balaban J connectivity index is 1.83. The second kappa shape index (κ2) is 10.5. The smallest absolute Gasteiger partial charge is 0.427 e. The molecule has 0 aliphatic carbocycles. The molecule has 0 saturated carbocycles. The highest BCUT2D eigenvalue weighted by molar-refractivity contribution is 5.99. The van der Waals surface area contributed by atoms with Gasteiger partial charge in [-0.1, -0.05) is 19.9 Å². The zero-order valence-electron chi connectivity index (χ0n) is 20.1. The standard InChI is InChI=1S/C24H33N3O7/c1-5-33-18-13-19(29)34-22(18)26-24(32)27(11-6-7-12-27)23(31)20(14(2)3)25-21(30)16-9-8-10-17(28)15(16)4/h8-10,14,18,20,22H,5-7,11-13H2,1-4H3,(H2-,25,26,28,30,32)/p+1/t18-,20-,22+/m0/s1. The number of esters is 1. The van der Waals surface area contributed by atoms with Gasteiger partial charge in [-0.15, -0.1) is 0 Å². The van der Waals surface area contributed by atoms with Crippen molar-refractivity contribution in [3.05, 3.63) is 29.3 Å². The molecule has 2 fully saturated rings. The molecular weight excluding hydrogens is 442 g/mol. The summed E-state index contributed by atoms with van der Waals surface area (Å²) < 4.78 is 10.3. The minimum absolute atomic E-state index is 0.0162. The number of quaternary nitrogens is 1. The van der Waals surface area contributed by atoms with Crippen LogP contribution in [0.15, 0.2) is 18.2 Å². The number of nitrogens with one attached hydrogen (secondary N) is 2. The molecule has 0 bridgehead atoms. The number of phenols is 1. The molecule has 2 aliphatic rings. The zero-order chi connectivity index (χ0) is 25.0. The van der Waals surface area contributed by atoms with E-state index in [0.29, 0.717) is 25.0 Å². The average Bonchev–Trinajstić information content (AvgIpc) is 3.41. The Labute approximate surface area is 199 Å². The number of hydrogen-bond acceptors (Lipinski definition) is 7. The maximum Gasteiger partial charge on any atom is 0.427 e. The molecule has 10 heteroatoms. The fourth-order valence-electron chi connectivity index (χ4n) is 4.53. The van der Waals surface area contributed by atoms with Gasteiger partial charge in [-0.25, -0.2) is 9.59 Å². The van der Waals surface area contributed by atoms with E-state index in [4.69, 9.17) is 9.47 Å². The number of hydrogen-bond donors (Lipinski definition) is 3. The molecule has 34 heavy (non-hydrogen) atoms. The van der Waals surface area contributed by atoms with E-state index >= 15 is 0 Å². The van der Waals surface area contributed by atoms with Crippen molar-refractivity contribution in [2.45, 2.75) is 65.3 Å². The number of ether oxygens (including phenoxy) is 2. The Morgan fingerprint density at radius 3 is 2.53 bits per heavy atom. The minimum Gasteiger partial charge on any atom is -0.508 e. The molecule has 1 aromatic carbocycles. The van der Waals surface area contributed by atoms with Gasteiger partial charge >= 0.3 is 17.9 Å². The fourth-order valence-corrected chi connectivity index (χ4v) is 4.53. The van der Waals surface area contributed by atoms with E-state index in [1.54, 1.807) is 39.8 Å². The molecule has 0 radical (unpaired) electrons. The van der Waals surface area contributed by atoms with E-state index in [-0.39, 0.29) is 36.7 Å². The summed E-state index contributed by atoms with van der Waals surface area (Å²) in [5, 5.41) is 15.4. The van der Waals surface area contributed by atoms with Gasteiger partial charge in [0.25, 0.3) is 5.91 Å². The van der Waals surface area contributed by atoms with Gasteiger partial charge in [-0.3, -0.25) is 14.9 Å². The second-order valence-corrected chi connectivity index (χ2v) is 9.16. The highest BCUT2D eigenvalue weighted by Crippen LogP contribution is 2.26. The zero-order valence-corrected chi connectivity index (χ0v) is 20.1. The van der Waals surface area contributed by atoms with Crippen molar-refractivity contribution in [1.82, 2.24) is 10.6 Å². The number of likely N-dealkylation sites (tertiary alicyclic amines) is 1. The number of carbonyl (C=O) groups is 4. The summed E-state index contributed by atoms with van der Waals surface area (Å²) in [6.45, 7) is 7.92. The van der Waals surface area contributed by atoms with Gasteiger partial charge in [0.15, 0.2) is 0 Å². The fraction of sp³-hybridized carbons (Fsp3) is 0.583.